The van der Waals surface area contributed by atoms with E-state index >= 15 is 0 Å². The standard InChI is InChI=1S/C24H34O4S/c1-2-3-4-5-6-7-8-9-10-11-16-21-17-12-13-18-22(21)28-23-19-14-15-20-24(23)29(25,26)27/h12-15,17-20H,2-11,16H2,1H3,(H,25,26,27). The zero-order chi connectivity index (χ0) is 21.0. The third kappa shape index (κ3) is 8.58. The molecule has 0 spiro atoms. The van der Waals surface area contributed by atoms with E-state index in [0.717, 1.165) is 18.4 Å². The Balaban J connectivity index is 1.82. The predicted octanol–water partition coefficient (Wildman–Crippen LogP) is 7.19. The van der Waals surface area contributed by atoms with Gasteiger partial charge >= 0.3 is 0 Å². The normalized spacial score (nSPS) is 11.5. The fraction of sp³-hybridized carbons (Fsp3) is 0.500. The van der Waals surface area contributed by atoms with E-state index in [-0.39, 0.29) is 10.6 Å². The number of aryl methyl sites for hydroxylation is 1. The van der Waals surface area contributed by atoms with Crippen molar-refractivity contribution in [2.45, 2.75) is 82.4 Å². The molecule has 2 rings (SSSR count). The number of hydrogen-bond donors (Lipinski definition) is 1. The fourth-order valence-corrected chi connectivity index (χ4v) is 4.09. The van der Waals surface area contributed by atoms with Gasteiger partial charge in [0.2, 0.25) is 0 Å². The van der Waals surface area contributed by atoms with Gasteiger partial charge in [-0.05, 0) is 36.6 Å². The van der Waals surface area contributed by atoms with Crippen LogP contribution >= 0.6 is 0 Å². The number of ether oxygens (including phenoxy) is 1. The van der Waals surface area contributed by atoms with Crippen molar-refractivity contribution in [2.75, 3.05) is 0 Å². The monoisotopic (exact) mass is 418 g/mol. The Morgan fingerprint density at radius 1 is 0.724 bits per heavy atom. The zero-order valence-electron chi connectivity index (χ0n) is 17.5. The Bertz CT molecular complexity index is 830. The molecule has 0 bridgehead atoms. The van der Waals surface area contributed by atoms with Crippen LogP contribution in [0.15, 0.2) is 53.4 Å². The molecule has 0 heterocycles. The molecule has 1 N–H and O–H groups in total. The summed E-state index contributed by atoms with van der Waals surface area (Å²) in [6.07, 6.45) is 13.8. The molecule has 2 aromatic rings. The molecule has 0 radical (unpaired) electrons. The van der Waals surface area contributed by atoms with E-state index < -0.39 is 10.1 Å². The highest BCUT2D eigenvalue weighted by Crippen LogP contribution is 2.31. The average molecular weight is 419 g/mol. The highest BCUT2D eigenvalue weighted by molar-refractivity contribution is 7.86. The molecule has 4 nitrogen and oxygen atoms in total. The number of benzene rings is 2. The van der Waals surface area contributed by atoms with Crippen LogP contribution in [0.4, 0.5) is 0 Å². The molecule has 0 amide bonds. The first-order valence-electron chi connectivity index (χ1n) is 10.8. The summed E-state index contributed by atoms with van der Waals surface area (Å²) in [5, 5.41) is 0. The van der Waals surface area contributed by atoms with Crippen molar-refractivity contribution in [2.24, 2.45) is 0 Å². The van der Waals surface area contributed by atoms with Crippen molar-refractivity contribution < 1.29 is 17.7 Å². The SMILES string of the molecule is CCCCCCCCCCCCc1ccccc1Oc1ccccc1S(=O)(=O)O. The maximum absolute atomic E-state index is 11.6. The maximum atomic E-state index is 11.6. The molecule has 0 saturated heterocycles. The van der Waals surface area contributed by atoms with Crippen molar-refractivity contribution in [1.82, 2.24) is 0 Å². The largest absolute Gasteiger partial charge is 0.456 e. The molecule has 0 aromatic heterocycles. The van der Waals surface area contributed by atoms with Gasteiger partial charge in [-0.2, -0.15) is 8.42 Å². The Kier molecular flexibility index (Phi) is 10.2. The minimum atomic E-state index is -4.33. The first kappa shape index (κ1) is 23.4. The Morgan fingerprint density at radius 2 is 1.24 bits per heavy atom. The van der Waals surface area contributed by atoms with Crippen LogP contribution in [0.1, 0.15) is 76.7 Å². The summed E-state index contributed by atoms with van der Waals surface area (Å²) >= 11 is 0. The number of para-hydroxylation sites is 2. The number of unbranched alkanes of at least 4 members (excludes halogenated alkanes) is 9. The summed E-state index contributed by atoms with van der Waals surface area (Å²) in [6, 6.07) is 13.8. The van der Waals surface area contributed by atoms with Gasteiger partial charge in [-0.25, -0.2) is 0 Å². The summed E-state index contributed by atoms with van der Waals surface area (Å²) in [6.45, 7) is 2.25. The Labute approximate surface area is 176 Å². The lowest BCUT2D eigenvalue weighted by Crippen LogP contribution is -2.01. The molecular formula is C24H34O4S. The minimum absolute atomic E-state index is 0.144. The lowest BCUT2D eigenvalue weighted by Gasteiger charge is -2.13. The van der Waals surface area contributed by atoms with Crippen molar-refractivity contribution in [1.29, 1.82) is 0 Å². The number of hydrogen-bond acceptors (Lipinski definition) is 3. The molecular weight excluding hydrogens is 384 g/mol. The van der Waals surface area contributed by atoms with E-state index in [1.54, 1.807) is 18.2 Å². The molecule has 0 atom stereocenters. The molecule has 0 aliphatic heterocycles. The van der Waals surface area contributed by atoms with Gasteiger partial charge in [0.25, 0.3) is 10.1 Å². The third-order valence-electron chi connectivity index (χ3n) is 5.12. The molecule has 160 valence electrons. The Morgan fingerprint density at radius 3 is 1.86 bits per heavy atom. The number of rotatable bonds is 14. The van der Waals surface area contributed by atoms with Crippen LogP contribution in [-0.2, 0) is 16.5 Å². The van der Waals surface area contributed by atoms with Crippen LogP contribution in [0.2, 0.25) is 0 Å². The van der Waals surface area contributed by atoms with Crippen molar-refractivity contribution in [3.63, 3.8) is 0 Å². The van der Waals surface area contributed by atoms with E-state index in [1.165, 1.54) is 63.9 Å². The average Bonchev–Trinajstić information content (AvgIpc) is 2.70. The summed E-state index contributed by atoms with van der Waals surface area (Å²) in [5.74, 6) is 0.782. The summed E-state index contributed by atoms with van der Waals surface area (Å²) in [4.78, 5) is -0.214. The van der Waals surface area contributed by atoms with Crippen LogP contribution in [0.5, 0.6) is 11.5 Å². The molecule has 2 aromatic carbocycles. The first-order valence-corrected chi connectivity index (χ1v) is 12.3. The van der Waals surface area contributed by atoms with E-state index in [1.807, 2.05) is 24.3 Å². The lowest BCUT2D eigenvalue weighted by molar-refractivity contribution is 0.445. The van der Waals surface area contributed by atoms with Gasteiger partial charge in [0.1, 0.15) is 16.4 Å². The molecule has 5 heteroatoms. The van der Waals surface area contributed by atoms with Gasteiger partial charge in [-0.3, -0.25) is 4.55 Å². The van der Waals surface area contributed by atoms with E-state index in [4.69, 9.17) is 4.74 Å². The van der Waals surface area contributed by atoms with E-state index in [2.05, 4.69) is 6.92 Å². The fourth-order valence-electron chi connectivity index (χ4n) is 3.48. The molecule has 0 fully saturated rings. The summed E-state index contributed by atoms with van der Waals surface area (Å²) in [7, 11) is -4.33. The molecule has 0 aliphatic carbocycles. The highest BCUT2D eigenvalue weighted by Gasteiger charge is 2.17. The second-order valence-electron chi connectivity index (χ2n) is 7.56. The second-order valence-corrected chi connectivity index (χ2v) is 8.95. The second kappa shape index (κ2) is 12.7. The zero-order valence-corrected chi connectivity index (χ0v) is 18.3. The summed E-state index contributed by atoms with van der Waals surface area (Å²) in [5.41, 5.74) is 1.05. The first-order chi connectivity index (χ1) is 14.0. The van der Waals surface area contributed by atoms with Crippen LogP contribution in [-0.4, -0.2) is 13.0 Å². The topological polar surface area (TPSA) is 63.6 Å². The lowest BCUT2D eigenvalue weighted by atomic mass is 10.0. The smallest absolute Gasteiger partial charge is 0.298 e. The summed E-state index contributed by atoms with van der Waals surface area (Å²) < 4.78 is 38.4. The third-order valence-corrected chi connectivity index (χ3v) is 6.01. The molecule has 29 heavy (non-hydrogen) atoms. The predicted molar refractivity (Wildman–Crippen MR) is 118 cm³/mol. The van der Waals surface area contributed by atoms with Crippen molar-refractivity contribution in [3.05, 3.63) is 54.1 Å². The molecule has 0 unspecified atom stereocenters. The van der Waals surface area contributed by atoms with Crippen molar-refractivity contribution in [3.8, 4) is 11.5 Å². The minimum Gasteiger partial charge on any atom is -0.456 e. The van der Waals surface area contributed by atoms with Gasteiger partial charge in [0.15, 0.2) is 0 Å². The quantitative estimate of drug-likeness (QED) is 0.260. The van der Waals surface area contributed by atoms with E-state index in [9.17, 15) is 13.0 Å². The van der Waals surface area contributed by atoms with Crippen LogP contribution in [0.25, 0.3) is 0 Å². The van der Waals surface area contributed by atoms with Gasteiger partial charge < -0.3 is 4.74 Å². The van der Waals surface area contributed by atoms with Crippen LogP contribution in [0, 0.1) is 0 Å². The molecule has 0 saturated carbocycles. The van der Waals surface area contributed by atoms with E-state index in [0.29, 0.717) is 5.75 Å². The van der Waals surface area contributed by atoms with Gasteiger partial charge in [-0.1, -0.05) is 95.0 Å². The van der Waals surface area contributed by atoms with Crippen molar-refractivity contribution >= 4 is 10.1 Å². The van der Waals surface area contributed by atoms with Gasteiger partial charge in [-0.15, -0.1) is 0 Å². The highest BCUT2D eigenvalue weighted by atomic mass is 32.2. The maximum Gasteiger partial charge on any atom is 0.298 e. The molecule has 0 aliphatic rings. The Hall–Kier alpha value is -1.85. The van der Waals surface area contributed by atoms with Crippen LogP contribution < -0.4 is 4.74 Å². The van der Waals surface area contributed by atoms with Gasteiger partial charge in [0, 0.05) is 0 Å². The van der Waals surface area contributed by atoms with Gasteiger partial charge in [0.05, 0.1) is 0 Å². The van der Waals surface area contributed by atoms with Crippen LogP contribution in [0.3, 0.4) is 0 Å².